The summed E-state index contributed by atoms with van der Waals surface area (Å²) in [5, 5.41) is 3.87. The van der Waals surface area contributed by atoms with Crippen molar-refractivity contribution in [2.75, 3.05) is 0 Å². The Morgan fingerprint density at radius 1 is 1.11 bits per heavy atom. The Bertz CT molecular complexity index is 383. The third-order valence-electron chi connectivity index (χ3n) is 5.64. The fourth-order valence-corrected chi connectivity index (χ4v) is 5.11. The highest BCUT2D eigenvalue weighted by molar-refractivity contribution is 5.07. The summed E-state index contributed by atoms with van der Waals surface area (Å²) in [5.41, 5.74) is 0. The van der Waals surface area contributed by atoms with Gasteiger partial charge in [0.05, 0.1) is 12.3 Å². The molecule has 0 aromatic carbocycles. The van der Waals surface area contributed by atoms with Crippen molar-refractivity contribution >= 4 is 0 Å². The van der Waals surface area contributed by atoms with Gasteiger partial charge in [0, 0.05) is 6.04 Å². The van der Waals surface area contributed by atoms with Gasteiger partial charge >= 0.3 is 0 Å². The third kappa shape index (κ3) is 1.73. The molecule has 2 heteroatoms. The Morgan fingerprint density at radius 2 is 1.78 bits per heavy atom. The smallest absolute Gasteiger partial charge is 0.120 e. The van der Waals surface area contributed by atoms with E-state index >= 15 is 0 Å². The molecule has 4 bridgehead atoms. The lowest BCUT2D eigenvalue weighted by Crippen LogP contribution is -2.54. The van der Waals surface area contributed by atoms with Crippen molar-refractivity contribution in [1.29, 1.82) is 0 Å². The van der Waals surface area contributed by atoms with Gasteiger partial charge in [0.2, 0.25) is 0 Å². The molecule has 0 radical (unpaired) electrons. The molecule has 1 N–H and O–H groups in total. The second-order valence-electron chi connectivity index (χ2n) is 6.86. The molecule has 0 spiro atoms. The van der Waals surface area contributed by atoms with Gasteiger partial charge in [-0.15, -0.1) is 0 Å². The molecule has 2 nitrogen and oxygen atoms in total. The van der Waals surface area contributed by atoms with E-state index < -0.39 is 0 Å². The fourth-order valence-electron chi connectivity index (χ4n) is 5.11. The second kappa shape index (κ2) is 4.12. The first kappa shape index (κ1) is 11.1. The summed E-state index contributed by atoms with van der Waals surface area (Å²) in [7, 11) is 0. The highest BCUT2D eigenvalue weighted by Gasteiger charge is 2.48. The summed E-state index contributed by atoms with van der Waals surface area (Å²) in [6, 6.07) is 5.19. The van der Waals surface area contributed by atoms with Gasteiger partial charge < -0.3 is 9.73 Å². The van der Waals surface area contributed by atoms with E-state index in [9.17, 15) is 0 Å². The average molecular weight is 245 g/mol. The van der Waals surface area contributed by atoms with E-state index in [0.717, 1.165) is 35.5 Å². The summed E-state index contributed by atoms with van der Waals surface area (Å²) < 4.78 is 5.53. The van der Waals surface area contributed by atoms with Crippen LogP contribution in [0.2, 0.25) is 0 Å². The van der Waals surface area contributed by atoms with E-state index in [2.05, 4.69) is 18.3 Å². The van der Waals surface area contributed by atoms with Crippen molar-refractivity contribution < 1.29 is 4.42 Å². The van der Waals surface area contributed by atoms with E-state index in [-0.39, 0.29) is 0 Å². The molecule has 0 saturated heterocycles. The van der Waals surface area contributed by atoms with Crippen LogP contribution in [0.5, 0.6) is 0 Å². The molecule has 4 saturated carbocycles. The zero-order chi connectivity index (χ0) is 12.1. The zero-order valence-corrected chi connectivity index (χ0v) is 11.1. The highest BCUT2D eigenvalue weighted by atomic mass is 16.3. The summed E-state index contributed by atoms with van der Waals surface area (Å²) in [6.07, 6.45) is 9.24. The minimum absolute atomic E-state index is 0.363. The van der Waals surface area contributed by atoms with Crippen molar-refractivity contribution in [2.24, 2.45) is 23.7 Å². The first-order chi connectivity index (χ1) is 8.79. The van der Waals surface area contributed by atoms with Crippen LogP contribution in [0.4, 0.5) is 0 Å². The SMILES string of the molecule is CC(NC1C2CC3CC(C2)CC1C3)c1ccco1. The Labute approximate surface area is 109 Å². The Balaban J connectivity index is 1.49. The lowest BCUT2D eigenvalue weighted by Gasteiger charge is -2.55. The van der Waals surface area contributed by atoms with Gasteiger partial charge in [-0.1, -0.05) is 0 Å². The van der Waals surface area contributed by atoms with Crippen LogP contribution in [-0.4, -0.2) is 6.04 Å². The summed E-state index contributed by atoms with van der Waals surface area (Å²) in [6.45, 7) is 2.24. The number of rotatable bonds is 3. The first-order valence-electron chi connectivity index (χ1n) is 7.59. The molecule has 4 aliphatic carbocycles. The van der Waals surface area contributed by atoms with Crippen LogP contribution in [0.1, 0.15) is 50.8 Å². The van der Waals surface area contributed by atoms with Crippen molar-refractivity contribution in [3.05, 3.63) is 24.2 Å². The summed E-state index contributed by atoms with van der Waals surface area (Å²) in [5.74, 6) is 5.09. The van der Waals surface area contributed by atoms with Gasteiger partial charge in [0.1, 0.15) is 5.76 Å². The first-order valence-corrected chi connectivity index (χ1v) is 7.59. The number of furan rings is 1. The molecule has 18 heavy (non-hydrogen) atoms. The van der Waals surface area contributed by atoms with Crippen LogP contribution in [0.3, 0.4) is 0 Å². The molecule has 1 aromatic rings. The van der Waals surface area contributed by atoms with Gasteiger partial charge in [-0.3, -0.25) is 0 Å². The molecular formula is C16H23NO. The zero-order valence-electron chi connectivity index (χ0n) is 11.1. The minimum Gasteiger partial charge on any atom is -0.468 e. The maximum Gasteiger partial charge on any atom is 0.120 e. The number of hydrogen-bond donors (Lipinski definition) is 1. The number of hydrogen-bond acceptors (Lipinski definition) is 2. The van der Waals surface area contributed by atoms with E-state index in [0.29, 0.717) is 6.04 Å². The van der Waals surface area contributed by atoms with Gasteiger partial charge in [0.15, 0.2) is 0 Å². The van der Waals surface area contributed by atoms with Crippen LogP contribution in [0.25, 0.3) is 0 Å². The predicted molar refractivity (Wildman–Crippen MR) is 71.1 cm³/mol. The maximum atomic E-state index is 5.53. The van der Waals surface area contributed by atoms with E-state index in [1.165, 1.54) is 32.1 Å². The molecule has 1 atom stereocenters. The van der Waals surface area contributed by atoms with Crippen molar-refractivity contribution in [1.82, 2.24) is 5.32 Å². The fraction of sp³-hybridized carbons (Fsp3) is 0.750. The lowest BCUT2D eigenvalue weighted by atomic mass is 9.54. The summed E-state index contributed by atoms with van der Waals surface area (Å²) >= 11 is 0. The average Bonchev–Trinajstić information content (AvgIpc) is 2.86. The van der Waals surface area contributed by atoms with Gasteiger partial charge in [-0.25, -0.2) is 0 Å². The predicted octanol–water partition coefficient (Wildman–Crippen LogP) is 3.75. The van der Waals surface area contributed by atoms with Crippen molar-refractivity contribution in [2.45, 2.75) is 51.1 Å². The standard InChI is InChI=1S/C16H23NO/c1-10(15-3-2-4-18-15)17-16-13-6-11-5-12(8-13)9-14(16)7-11/h2-4,10-14,16-17H,5-9H2,1H3. The van der Waals surface area contributed by atoms with Crippen LogP contribution in [-0.2, 0) is 0 Å². The highest BCUT2D eigenvalue weighted by Crippen LogP contribution is 2.54. The molecule has 5 rings (SSSR count). The van der Waals surface area contributed by atoms with Crippen molar-refractivity contribution in [3.63, 3.8) is 0 Å². The normalized spacial score (nSPS) is 43.3. The van der Waals surface area contributed by atoms with Crippen LogP contribution in [0, 0.1) is 23.7 Å². The monoisotopic (exact) mass is 245 g/mol. The van der Waals surface area contributed by atoms with Crippen molar-refractivity contribution in [3.8, 4) is 0 Å². The van der Waals surface area contributed by atoms with Crippen LogP contribution >= 0.6 is 0 Å². The number of nitrogens with one attached hydrogen (secondary N) is 1. The molecule has 0 amide bonds. The van der Waals surface area contributed by atoms with Gasteiger partial charge in [-0.2, -0.15) is 0 Å². The molecule has 1 unspecified atom stereocenters. The molecule has 1 aromatic heterocycles. The minimum atomic E-state index is 0.363. The topological polar surface area (TPSA) is 25.2 Å². The van der Waals surface area contributed by atoms with E-state index in [1.807, 2.05) is 6.07 Å². The van der Waals surface area contributed by atoms with Gasteiger partial charge in [0.25, 0.3) is 0 Å². The Hall–Kier alpha value is -0.760. The Kier molecular flexibility index (Phi) is 2.54. The molecule has 4 aliphatic rings. The summed E-state index contributed by atoms with van der Waals surface area (Å²) in [4.78, 5) is 0. The third-order valence-corrected chi connectivity index (χ3v) is 5.64. The Morgan fingerprint density at radius 3 is 2.33 bits per heavy atom. The second-order valence-corrected chi connectivity index (χ2v) is 6.86. The quantitative estimate of drug-likeness (QED) is 0.877. The molecule has 0 aliphatic heterocycles. The molecule has 4 fully saturated rings. The van der Waals surface area contributed by atoms with Crippen LogP contribution < -0.4 is 5.32 Å². The molecular weight excluding hydrogens is 222 g/mol. The maximum absolute atomic E-state index is 5.53. The largest absolute Gasteiger partial charge is 0.468 e. The molecule has 1 heterocycles. The molecule has 98 valence electrons. The van der Waals surface area contributed by atoms with Crippen LogP contribution in [0.15, 0.2) is 22.8 Å². The van der Waals surface area contributed by atoms with E-state index in [1.54, 1.807) is 6.26 Å². The van der Waals surface area contributed by atoms with E-state index in [4.69, 9.17) is 4.42 Å². The van der Waals surface area contributed by atoms with Gasteiger partial charge in [-0.05, 0) is 74.8 Å². The lowest BCUT2D eigenvalue weighted by molar-refractivity contribution is -0.0178.